The van der Waals surface area contributed by atoms with Crippen LogP contribution in [0.25, 0.3) is 0 Å². The third kappa shape index (κ3) is 3.97. The highest BCUT2D eigenvalue weighted by Crippen LogP contribution is 2.19. The molecule has 1 saturated heterocycles. The number of hydrogen-bond acceptors (Lipinski definition) is 3. The number of amides is 2. The van der Waals surface area contributed by atoms with Crippen LogP contribution in [-0.2, 0) is 11.3 Å². The van der Waals surface area contributed by atoms with Crippen LogP contribution in [0.4, 0.5) is 4.79 Å². The van der Waals surface area contributed by atoms with Crippen molar-refractivity contribution in [3.8, 4) is 0 Å². The summed E-state index contributed by atoms with van der Waals surface area (Å²) in [5.41, 5.74) is 0. The van der Waals surface area contributed by atoms with E-state index in [4.69, 9.17) is 5.11 Å². The van der Waals surface area contributed by atoms with Crippen LogP contribution < -0.4 is 5.32 Å². The fourth-order valence-corrected chi connectivity index (χ4v) is 2.47. The Morgan fingerprint density at radius 2 is 2.35 bits per heavy atom. The van der Waals surface area contributed by atoms with E-state index in [0.29, 0.717) is 19.6 Å². The lowest BCUT2D eigenvalue weighted by Gasteiger charge is -2.21. The van der Waals surface area contributed by atoms with E-state index in [0.717, 1.165) is 6.42 Å². The van der Waals surface area contributed by atoms with E-state index in [2.05, 4.69) is 10.4 Å². The van der Waals surface area contributed by atoms with E-state index in [1.54, 1.807) is 15.8 Å². The summed E-state index contributed by atoms with van der Waals surface area (Å²) in [4.78, 5) is 24.4. The number of likely N-dealkylation sites (tertiary alicyclic amines) is 1. The molecule has 110 valence electrons. The van der Waals surface area contributed by atoms with Gasteiger partial charge in [0.1, 0.15) is 0 Å². The van der Waals surface area contributed by atoms with E-state index in [1.165, 1.54) is 0 Å². The maximum Gasteiger partial charge on any atom is 0.317 e. The third-order valence-corrected chi connectivity index (χ3v) is 3.43. The van der Waals surface area contributed by atoms with Crippen molar-refractivity contribution in [2.24, 2.45) is 5.92 Å². The Labute approximate surface area is 117 Å². The molecule has 1 aliphatic rings. The summed E-state index contributed by atoms with van der Waals surface area (Å²) in [6.45, 7) is 3.68. The summed E-state index contributed by atoms with van der Waals surface area (Å²) in [6, 6.07) is 1.68. The van der Waals surface area contributed by atoms with Crippen LogP contribution in [0.5, 0.6) is 0 Å². The Morgan fingerprint density at radius 1 is 1.55 bits per heavy atom. The van der Waals surface area contributed by atoms with Gasteiger partial charge in [-0.3, -0.25) is 9.48 Å². The van der Waals surface area contributed by atoms with Gasteiger partial charge >= 0.3 is 12.0 Å². The maximum atomic E-state index is 12.1. The number of nitrogens with zero attached hydrogens (tertiary/aromatic N) is 3. The second-order valence-corrected chi connectivity index (χ2v) is 5.28. The van der Waals surface area contributed by atoms with Crippen molar-refractivity contribution in [1.82, 2.24) is 20.0 Å². The fraction of sp³-hybridized carbons (Fsp3) is 0.615. The van der Waals surface area contributed by atoms with Crippen LogP contribution in [0.2, 0.25) is 0 Å². The molecule has 2 rings (SSSR count). The van der Waals surface area contributed by atoms with Crippen LogP contribution in [0.15, 0.2) is 18.5 Å². The summed E-state index contributed by atoms with van der Waals surface area (Å²) in [5, 5.41) is 15.8. The molecule has 7 heteroatoms. The lowest BCUT2D eigenvalue weighted by Crippen LogP contribution is -2.44. The number of aliphatic carboxylic acids is 1. The van der Waals surface area contributed by atoms with Crippen molar-refractivity contribution in [3.63, 3.8) is 0 Å². The van der Waals surface area contributed by atoms with Crippen molar-refractivity contribution in [1.29, 1.82) is 0 Å². The predicted molar refractivity (Wildman–Crippen MR) is 72.2 cm³/mol. The van der Waals surface area contributed by atoms with Gasteiger partial charge in [0.05, 0.1) is 6.54 Å². The Kier molecular flexibility index (Phi) is 4.60. The zero-order valence-electron chi connectivity index (χ0n) is 11.5. The first-order valence-electron chi connectivity index (χ1n) is 6.79. The second-order valence-electron chi connectivity index (χ2n) is 5.28. The largest absolute Gasteiger partial charge is 0.481 e. The molecular formula is C13H20N4O3. The smallest absolute Gasteiger partial charge is 0.317 e. The minimum absolute atomic E-state index is 0.0269. The minimum atomic E-state index is -0.802. The standard InChI is InChI=1S/C13H20N4O3/c1-10(8-17-5-2-4-14-17)15-13(20)16-6-3-11(9-16)7-12(18)19/h2,4-5,10-11H,3,6-9H2,1H3,(H,15,20)(H,18,19). The second kappa shape index (κ2) is 6.40. The third-order valence-electron chi connectivity index (χ3n) is 3.43. The van der Waals surface area contributed by atoms with Crippen LogP contribution in [0.1, 0.15) is 19.8 Å². The maximum absolute atomic E-state index is 12.1. The van der Waals surface area contributed by atoms with Gasteiger partial charge in [0.25, 0.3) is 0 Å². The summed E-state index contributed by atoms with van der Waals surface area (Å²) >= 11 is 0. The van der Waals surface area contributed by atoms with Gasteiger partial charge in [0.15, 0.2) is 0 Å². The van der Waals surface area contributed by atoms with Gasteiger partial charge in [-0.1, -0.05) is 0 Å². The molecule has 0 aromatic carbocycles. The van der Waals surface area contributed by atoms with Crippen molar-refractivity contribution >= 4 is 12.0 Å². The number of carboxylic acid groups (broad SMARTS) is 1. The van der Waals surface area contributed by atoms with Gasteiger partial charge in [0.2, 0.25) is 0 Å². The van der Waals surface area contributed by atoms with E-state index in [9.17, 15) is 9.59 Å². The van der Waals surface area contributed by atoms with E-state index in [-0.39, 0.29) is 24.4 Å². The number of carbonyl (C=O) groups excluding carboxylic acids is 1. The number of aromatic nitrogens is 2. The van der Waals surface area contributed by atoms with Crippen LogP contribution >= 0.6 is 0 Å². The van der Waals surface area contributed by atoms with Crippen molar-refractivity contribution in [2.45, 2.75) is 32.4 Å². The first kappa shape index (κ1) is 14.4. The number of carboxylic acids is 1. The average Bonchev–Trinajstić information content (AvgIpc) is 2.99. The molecule has 1 aliphatic heterocycles. The molecule has 2 N–H and O–H groups in total. The molecule has 1 aromatic rings. The summed E-state index contributed by atoms with van der Waals surface area (Å²) in [5.74, 6) is -0.732. The molecule has 1 fully saturated rings. The van der Waals surface area contributed by atoms with Gasteiger partial charge in [-0.15, -0.1) is 0 Å². The number of urea groups is 1. The van der Waals surface area contributed by atoms with Crippen LogP contribution in [0.3, 0.4) is 0 Å². The number of rotatable bonds is 5. The molecule has 2 unspecified atom stereocenters. The molecule has 0 saturated carbocycles. The molecule has 0 bridgehead atoms. The zero-order valence-corrected chi connectivity index (χ0v) is 11.5. The summed E-state index contributed by atoms with van der Waals surface area (Å²) in [7, 11) is 0. The molecule has 0 spiro atoms. The molecule has 0 radical (unpaired) electrons. The monoisotopic (exact) mass is 280 g/mol. The Morgan fingerprint density at radius 3 is 3.00 bits per heavy atom. The highest BCUT2D eigenvalue weighted by molar-refractivity contribution is 5.75. The van der Waals surface area contributed by atoms with Crippen molar-refractivity contribution in [2.75, 3.05) is 13.1 Å². The van der Waals surface area contributed by atoms with Crippen molar-refractivity contribution < 1.29 is 14.7 Å². The molecule has 20 heavy (non-hydrogen) atoms. The van der Waals surface area contributed by atoms with Gasteiger partial charge in [-0.25, -0.2) is 4.79 Å². The summed E-state index contributed by atoms with van der Waals surface area (Å²) in [6.07, 6.45) is 4.44. The van der Waals surface area contributed by atoms with Gasteiger partial charge in [-0.2, -0.15) is 5.10 Å². The quantitative estimate of drug-likeness (QED) is 0.834. The van der Waals surface area contributed by atoms with Gasteiger partial charge in [-0.05, 0) is 25.3 Å². The zero-order chi connectivity index (χ0) is 14.5. The van der Waals surface area contributed by atoms with Crippen LogP contribution in [-0.4, -0.2) is 50.9 Å². The minimum Gasteiger partial charge on any atom is -0.481 e. The summed E-state index contributed by atoms with van der Waals surface area (Å²) < 4.78 is 1.77. The predicted octanol–water partition coefficient (Wildman–Crippen LogP) is 0.778. The molecule has 7 nitrogen and oxygen atoms in total. The normalized spacial score (nSPS) is 19.9. The molecule has 2 heterocycles. The average molecular weight is 280 g/mol. The van der Waals surface area contributed by atoms with E-state index in [1.807, 2.05) is 19.2 Å². The fourth-order valence-electron chi connectivity index (χ4n) is 2.47. The van der Waals surface area contributed by atoms with Crippen LogP contribution in [0, 0.1) is 5.92 Å². The van der Waals surface area contributed by atoms with Crippen molar-refractivity contribution in [3.05, 3.63) is 18.5 Å². The SMILES string of the molecule is CC(Cn1cccn1)NC(=O)N1CCC(CC(=O)O)C1. The highest BCUT2D eigenvalue weighted by atomic mass is 16.4. The number of carbonyl (C=O) groups is 2. The topological polar surface area (TPSA) is 87.5 Å². The van der Waals surface area contributed by atoms with Gasteiger partial charge < -0.3 is 15.3 Å². The Hall–Kier alpha value is -2.05. The molecular weight excluding hydrogens is 260 g/mol. The van der Waals surface area contributed by atoms with Gasteiger partial charge in [0, 0.05) is 37.9 Å². The lowest BCUT2D eigenvalue weighted by atomic mass is 10.1. The number of nitrogens with one attached hydrogen (secondary N) is 1. The molecule has 2 atom stereocenters. The molecule has 0 aliphatic carbocycles. The first-order valence-corrected chi connectivity index (χ1v) is 6.79. The Balaban J connectivity index is 1.76. The lowest BCUT2D eigenvalue weighted by molar-refractivity contribution is -0.138. The molecule has 2 amide bonds. The highest BCUT2D eigenvalue weighted by Gasteiger charge is 2.28. The number of hydrogen-bond donors (Lipinski definition) is 2. The molecule has 1 aromatic heterocycles. The van der Waals surface area contributed by atoms with E-state index < -0.39 is 5.97 Å². The first-order chi connectivity index (χ1) is 9.54. The Bertz CT molecular complexity index is 460. The van der Waals surface area contributed by atoms with E-state index >= 15 is 0 Å².